The number of anilines is 1. The van der Waals surface area contributed by atoms with Crippen molar-refractivity contribution in [2.75, 3.05) is 31.1 Å². The maximum Gasteiger partial charge on any atom is 0.416 e. The number of piperidine rings is 1. The van der Waals surface area contributed by atoms with Crippen LogP contribution in [0.1, 0.15) is 48.4 Å². The van der Waals surface area contributed by atoms with Gasteiger partial charge in [-0.15, -0.1) is 0 Å². The molecule has 6 heteroatoms. The van der Waals surface area contributed by atoms with Gasteiger partial charge in [0, 0.05) is 26.2 Å². The van der Waals surface area contributed by atoms with E-state index in [1.165, 1.54) is 31.4 Å². The van der Waals surface area contributed by atoms with Crippen molar-refractivity contribution >= 4 is 5.82 Å². The molecular formula is C22H26F3N3. The first kappa shape index (κ1) is 19.2. The van der Waals surface area contributed by atoms with Gasteiger partial charge in [0.1, 0.15) is 5.82 Å². The Balaban J connectivity index is 1.43. The lowest BCUT2D eigenvalue weighted by Crippen LogP contribution is -2.30. The second-order valence-corrected chi connectivity index (χ2v) is 7.84. The van der Waals surface area contributed by atoms with Crippen LogP contribution in [0.4, 0.5) is 19.0 Å². The van der Waals surface area contributed by atoms with Gasteiger partial charge >= 0.3 is 6.18 Å². The van der Waals surface area contributed by atoms with Crippen molar-refractivity contribution in [3.63, 3.8) is 0 Å². The number of hydrogen-bond acceptors (Lipinski definition) is 3. The van der Waals surface area contributed by atoms with Gasteiger partial charge in [-0.2, -0.15) is 13.2 Å². The Bertz CT molecular complexity index is 800. The van der Waals surface area contributed by atoms with Gasteiger partial charge in [-0.1, -0.05) is 24.3 Å². The largest absolute Gasteiger partial charge is 0.416 e. The zero-order valence-corrected chi connectivity index (χ0v) is 16.0. The smallest absolute Gasteiger partial charge is 0.357 e. The van der Waals surface area contributed by atoms with Crippen molar-refractivity contribution < 1.29 is 13.2 Å². The fraction of sp³-hybridized carbons (Fsp3) is 0.500. The van der Waals surface area contributed by atoms with E-state index in [2.05, 4.69) is 15.9 Å². The predicted molar refractivity (Wildman–Crippen MR) is 104 cm³/mol. The van der Waals surface area contributed by atoms with Gasteiger partial charge in [-0.25, -0.2) is 4.98 Å². The molecule has 150 valence electrons. The van der Waals surface area contributed by atoms with Crippen molar-refractivity contribution in [3.05, 3.63) is 59.3 Å². The first-order valence-corrected chi connectivity index (χ1v) is 10.1. The third-order valence-electron chi connectivity index (χ3n) is 5.84. The number of nitrogens with zero attached hydrogens (tertiary/aromatic N) is 3. The molecule has 0 amide bonds. The van der Waals surface area contributed by atoms with Crippen LogP contribution in [-0.2, 0) is 12.7 Å². The third kappa shape index (κ3) is 4.32. The average molecular weight is 389 g/mol. The molecule has 0 N–H and O–H groups in total. The standard InChI is InChI=1S/C22H26F3N3/c23-22(24,25)20-9-3-2-8-19(20)17-11-14-27(15-17)16-18-7-6-10-21(26-18)28-12-4-1-5-13-28/h2-3,6-10,17H,1,4-5,11-16H2/t17-/m1/s1. The van der Waals surface area contributed by atoms with Gasteiger partial charge in [-0.05, 0) is 61.9 Å². The highest BCUT2D eigenvalue weighted by molar-refractivity contribution is 5.39. The van der Waals surface area contributed by atoms with E-state index in [9.17, 15) is 13.2 Å². The fourth-order valence-corrected chi connectivity index (χ4v) is 4.42. The number of halogens is 3. The van der Waals surface area contributed by atoms with Gasteiger partial charge < -0.3 is 4.90 Å². The van der Waals surface area contributed by atoms with E-state index in [4.69, 9.17) is 4.98 Å². The van der Waals surface area contributed by atoms with Crippen molar-refractivity contribution in [2.45, 2.75) is 44.3 Å². The molecule has 2 aliphatic heterocycles. The molecule has 1 aromatic heterocycles. The van der Waals surface area contributed by atoms with Crippen LogP contribution in [-0.4, -0.2) is 36.1 Å². The van der Waals surface area contributed by atoms with E-state index in [1.54, 1.807) is 12.1 Å². The highest BCUT2D eigenvalue weighted by Gasteiger charge is 2.36. The highest BCUT2D eigenvalue weighted by atomic mass is 19.4. The summed E-state index contributed by atoms with van der Waals surface area (Å²) in [5, 5.41) is 0. The van der Waals surface area contributed by atoms with Crippen LogP contribution < -0.4 is 4.90 Å². The molecule has 1 aromatic carbocycles. The number of aromatic nitrogens is 1. The number of rotatable bonds is 4. The number of benzene rings is 1. The second kappa shape index (κ2) is 8.11. The van der Waals surface area contributed by atoms with Crippen LogP contribution in [0.5, 0.6) is 0 Å². The quantitative estimate of drug-likeness (QED) is 0.727. The minimum absolute atomic E-state index is 0.0805. The molecule has 1 atom stereocenters. The van der Waals surface area contributed by atoms with E-state index in [-0.39, 0.29) is 5.92 Å². The van der Waals surface area contributed by atoms with Crippen LogP contribution in [0.25, 0.3) is 0 Å². The van der Waals surface area contributed by atoms with E-state index in [0.717, 1.165) is 37.6 Å². The molecule has 2 saturated heterocycles. The summed E-state index contributed by atoms with van der Waals surface area (Å²) < 4.78 is 40.0. The molecule has 2 aliphatic rings. The number of hydrogen-bond donors (Lipinski definition) is 0. The molecule has 0 unspecified atom stereocenters. The summed E-state index contributed by atoms with van der Waals surface area (Å²) in [6, 6.07) is 12.1. The molecule has 0 bridgehead atoms. The highest BCUT2D eigenvalue weighted by Crippen LogP contribution is 2.38. The first-order chi connectivity index (χ1) is 13.5. The van der Waals surface area contributed by atoms with E-state index >= 15 is 0 Å². The number of pyridine rings is 1. The monoisotopic (exact) mass is 389 g/mol. The Kier molecular flexibility index (Phi) is 5.58. The normalized spacial score (nSPS) is 21.2. The lowest BCUT2D eigenvalue weighted by molar-refractivity contribution is -0.138. The Morgan fingerprint density at radius 3 is 2.50 bits per heavy atom. The lowest BCUT2D eigenvalue weighted by atomic mass is 9.93. The van der Waals surface area contributed by atoms with E-state index < -0.39 is 11.7 Å². The maximum atomic E-state index is 13.3. The minimum Gasteiger partial charge on any atom is -0.357 e. The van der Waals surface area contributed by atoms with Crippen molar-refractivity contribution in [1.29, 1.82) is 0 Å². The average Bonchev–Trinajstić information content (AvgIpc) is 3.17. The maximum absolute atomic E-state index is 13.3. The Morgan fingerprint density at radius 1 is 0.929 bits per heavy atom. The minimum atomic E-state index is -4.30. The summed E-state index contributed by atoms with van der Waals surface area (Å²) in [4.78, 5) is 9.37. The van der Waals surface area contributed by atoms with Crippen LogP contribution >= 0.6 is 0 Å². The molecule has 2 fully saturated rings. The van der Waals surface area contributed by atoms with Crippen LogP contribution in [0.15, 0.2) is 42.5 Å². The molecule has 0 saturated carbocycles. The van der Waals surface area contributed by atoms with Gasteiger partial charge in [0.2, 0.25) is 0 Å². The van der Waals surface area contributed by atoms with Crippen LogP contribution in [0.2, 0.25) is 0 Å². The summed E-state index contributed by atoms with van der Waals surface area (Å²) in [6.07, 6.45) is 0.147. The molecule has 0 aliphatic carbocycles. The van der Waals surface area contributed by atoms with Gasteiger partial charge in [0.25, 0.3) is 0 Å². The topological polar surface area (TPSA) is 19.4 Å². The molecule has 0 spiro atoms. The van der Waals surface area contributed by atoms with Gasteiger partial charge in [0.05, 0.1) is 11.3 Å². The molecule has 0 radical (unpaired) electrons. The van der Waals surface area contributed by atoms with Crippen molar-refractivity contribution in [3.8, 4) is 0 Å². The van der Waals surface area contributed by atoms with E-state index in [0.29, 0.717) is 18.7 Å². The molecule has 2 aromatic rings. The Hall–Kier alpha value is -2.08. The van der Waals surface area contributed by atoms with Crippen LogP contribution in [0, 0.1) is 0 Å². The van der Waals surface area contributed by atoms with Gasteiger partial charge in [0.15, 0.2) is 0 Å². The van der Waals surface area contributed by atoms with Gasteiger partial charge in [-0.3, -0.25) is 4.90 Å². The summed E-state index contributed by atoms with van der Waals surface area (Å²) >= 11 is 0. The molecule has 3 heterocycles. The summed E-state index contributed by atoms with van der Waals surface area (Å²) in [5.74, 6) is 0.943. The number of likely N-dealkylation sites (tertiary alicyclic amines) is 1. The lowest BCUT2D eigenvalue weighted by Gasteiger charge is -2.28. The molecule has 28 heavy (non-hydrogen) atoms. The zero-order chi connectivity index (χ0) is 19.6. The third-order valence-corrected chi connectivity index (χ3v) is 5.84. The number of alkyl halides is 3. The predicted octanol–water partition coefficient (Wildman–Crippen LogP) is 5.08. The van der Waals surface area contributed by atoms with Crippen molar-refractivity contribution in [1.82, 2.24) is 9.88 Å². The SMILES string of the molecule is FC(F)(F)c1ccccc1[C@@H]1CCN(Cc2cccc(N3CCCCC3)n2)C1. The zero-order valence-electron chi connectivity index (χ0n) is 16.0. The first-order valence-electron chi connectivity index (χ1n) is 10.1. The fourth-order valence-electron chi connectivity index (χ4n) is 4.42. The molecule has 4 rings (SSSR count). The summed E-state index contributed by atoms with van der Waals surface area (Å²) in [7, 11) is 0. The van der Waals surface area contributed by atoms with Crippen molar-refractivity contribution in [2.24, 2.45) is 0 Å². The van der Waals surface area contributed by atoms with E-state index in [1.807, 2.05) is 12.1 Å². The summed E-state index contributed by atoms with van der Waals surface area (Å²) in [6.45, 7) is 4.23. The summed E-state index contributed by atoms with van der Waals surface area (Å²) in [5.41, 5.74) is 0.924. The molecule has 3 nitrogen and oxygen atoms in total. The van der Waals surface area contributed by atoms with Crippen LogP contribution in [0.3, 0.4) is 0 Å². The Morgan fingerprint density at radius 2 is 1.71 bits per heavy atom. The molecular weight excluding hydrogens is 363 g/mol. The Labute approximate surface area is 164 Å². The second-order valence-electron chi connectivity index (χ2n) is 7.84.